The van der Waals surface area contributed by atoms with Crippen LogP contribution in [-0.2, 0) is 11.8 Å². The van der Waals surface area contributed by atoms with Gasteiger partial charge in [-0.05, 0) is 18.3 Å². The molecular formula is C20H22N8O3. The first-order valence-electron chi connectivity index (χ1n) is 9.91. The van der Waals surface area contributed by atoms with Crippen molar-refractivity contribution in [2.24, 2.45) is 18.4 Å². The zero-order valence-corrected chi connectivity index (χ0v) is 17.2. The maximum absolute atomic E-state index is 12.4. The first kappa shape index (κ1) is 19.5. The third-order valence-electron chi connectivity index (χ3n) is 6.42. The number of aliphatic hydroxyl groups is 2. The van der Waals surface area contributed by atoms with Crippen molar-refractivity contribution in [2.75, 3.05) is 19.4 Å². The minimum absolute atomic E-state index is 0.216. The lowest BCUT2D eigenvalue weighted by molar-refractivity contribution is -0.132. The summed E-state index contributed by atoms with van der Waals surface area (Å²) in [6, 6.07) is -0.533. The first-order valence-corrected chi connectivity index (χ1v) is 9.91. The van der Waals surface area contributed by atoms with Gasteiger partial charge in [-0.15, -0.1) is 0 Å². The van der Waals surface area contributed by atoms with Gasteiger partial charge in [0.25, 0.3) is 0 Å². The molecule has 3 aromatic rings. The number of aromatic nitrogens is 6. The highest BCUT2D eigenvalue weighted by atomic mass is 16.3. The number of nitrogens with zero attached hydrogens (tertiary/aromatic N) is 6. The second-order valence-electron chi connectivity index (χ2n) is 7.97. The van der Waals surface area contributed by atoms with Gasteiger partial charge in [0.05, 0.1) is 36.4 Å². The molecular weight excluding hydrogens is 400 g/mol. The van der Waals surface area contributed by atoms with Gasteiger partial charge in [0.1, 0.15) is 11.8 Å². The summed E-state index contributed by atoms with van der Waals surface area (Å²) in [4.78, 5) is 29.9. The fourth-order valence-electron chi connectivity index (χ4n) is 4.75. The van der Waals surface area contributed by atoms with Gasteiger partial charge < -0.3 is 30.0 Å². The second kappa shape index (κ2) is 6.76. The number of carbonyl (C=O) groups excluding carboxylic acids is 1. The van der Waals surface area contributed by atoms with E-state index < -0.39 is 23.7 Å². The number of hydrogen-bond donors (Lipinski definition) is 4. The zero-order chi connectivity index (χ0) is 21.9. The molecule has 0 aromatic carbocycles. The predicted molar refractivity (Wildman–Crippen MR) is 110 cm³/mol. The van der Waals surface area contributed by atoms with E-state index in [1.165, 1.54) is 7.05 Å². The van der Waals surface area contributed by atoms with Gasteiger partial charge in [0, 0.05) is 27.1 Å². The molecule has 3 aromatic heterocycles. The molecule has 11 heteroatoms. The minimum atomic E-state index is -1.16. The molecule has 1 amide bonds. The highest BCUT2D eigenvalue weighted by Crippen LogP contribution is 2.67. The van der Waals surface area contributed by atoms with E-state index >= 15 is 0 Å². The van der Waals surface area contributed by atoms with Gasteiger partial charge in [-0.2, -0.15) is 0 Å². The Kier molecular flexibility index (Phi) is 4.25. The highest BCUT2D eigenvalue weighted by molar-refractivity contribution is 5.88. The van der Waals surface area contributed by atoms with E-state index in [4.69, 9.17) is 0 Å². The molecule has 2 aliphatic rings. The number of fused-ring (bicyclic) bond motifs is 2. The minimum Gasteiger partial charge on any atom is -0.389 e. The van der Waals surface area contributed by atoms with Crippen molar-refractivity contribution in [3.63, 3.8) is 0 Å². The Morgan fingerprint density at radius 3 is 2.74 bits per heavy atom. The molecule has 0 spiro atoms. The Morgan fingerprint density at radius 1 is 1.26 bits per heavy atom. The van der Waals surface area contributed by atoms with Crippen LogP contribution in [0.25, 0.3) is 11.2 Å². The highest BCUT2D eigenvalue weighted by Gasteiger charge is 2.75. The number of aryl methyl sites for hydroxylation is 1. The van der Waals surface area contributed by atoms with E-state index in [1.54, 1.807) is 35.0 Å². The Labute approximate surface area is 177 Å². The van der Waals surface area contributed by atoms with E-state index in [0.717, 1.165) is 0 Å². The van der Waals surface area contributed by atoms with E-state index in [-0.39, 0.29) is 17.6 Å². The van der Waals surface area contributed by atoms with Crippen LogP contribution >= 0.6 is 0 Å². The quantitative estimate of drug-likeness (QED) is 0.395. The summed E-state index contributed by atoms with van der Waals surface area (Å²) in [5, 5.41) is 27.0. The molecule has 2 aliphatic carbocycles. The van der Waals surface area contributed by atoms with Crippen molar-refractivity contribution in [3.05, 3.63) is 30.4 Å². The molecule has 0 saturated heterocycles. The van der Waals surface area contributed by atoms with E-state index in [1.807, 2.05) is 7.05 Å². The third kappa shape index (κ3) is 2.65. The van der Waals surface area contributed by atoms with Crippen LogP contribution < -0.4 is 10.6 Å². The Morgan fingerprint density at radius 2 is 2.06 bits per heavy atom. The molecule has 3 heterocycles. The van der Waals surface area contributed by atoms with Crippen LogP contribution in [0.5, 0.6) is 0 Å². The largest absolute Gasteiger partial charge is 0.389 e. The lowest BCUT2D eigenvalue weighted by atomic mass is 9.98. The Balaban J connectivity index is 1.59. The number of rotatable bonds is 3. The van der Waals surface area contributed by atoms with Gasteiger partial charge in [0.2, 0.25) is 11.7 Å². The van der Waals surface area contributed by atoms with Crippen LogP contribution in [0.15, 0.2) is 18.9 Å². The summed E-state index contributed by atoms with van der Waals surface area (Å²) in [6.07, 6.45) is 3.09. The number of aliphatic hydroxyl groups excluding tert-OH is 2. The van der Waals surface area contributed by atoms with Crippen LogP contribution in [0.4, 0.5) is 5.82 Å². The molecule has 31 heavy (non-hydrogen) atoms. The number of carbonyl (C=O) groups is 1. The Bertz CT molecular complexity index is 1250. The predicted octanol–water partition coefficient (Wildman–Crippen LogP) is -0.970. The van der Waals surface area contributed by atoms with E-state index in [2.05, 4.69) is 42.4 Å². The molecule has 11 nitrogen and oxygen atoms in total. The SMILES string of the molecule is CNC(=O)[C@]12CC1[C@@H](n1cnc3c(NC)nc(C#Cc4cncn4C)nc31)C(O)[C@@H]2O. The fourth-order valence-corrected chi connectivity index (χ4v) is 4.75. The monoisotopic (exact) mass is 422 g/mol. The second-order valence-corrected chi connectivity index (χ2v) is 7.97. The molecule has 0 radical (unpaired) electrons. The van der Waals surface area contributed by atoms with Crippen LogP contribution in [0.2, 0.25) is 0 Å². The molecule has 160 valence electrons. The van der Waals surface area contributed by atoms with Gasteiger partial charge in [-0.25, -0.2) is 19.9 Å². The number of anilines is 1. The van der Waals surface area contributed by atoms with Crippen LogP contribution in [0.3, 0.4) is 0 Å². The first-order chi connectivity index (χ1) is 14.9. The van der Waals surface area contributed by atoms with Crippen molar-refractivity contribution in [1.29, 1.82) is 0 Å². The summed E-state index contributed by atoms with van der Waals surface area (Å²) in [5.74, 6) is 6.24. The summed E-state index contributed by atoms with van der Waals surface area (Å²) < 4.78 is 3.51. The molecule has 5 atom stereocenters. The maximum Gasteiger partial charge on any atom is 0.229 e. The number of amides is 1. The van der Waals surface area contributed by atoms with Gasteiger partial charge in [-0.1, -0.05) is 0 Å². The summed E-state index contributed by atoms with van der Waals surface area (Å²) in [6.45, 7) is 0. The Hall–Kier alpha value is -3.49. The smallest absolute Gasteiger partial charge is 0.229 e. The molecule has 5 rings (SSSR count). The molecule has 2 fully saturated rings. The molecule has 2 unspecified atom stereocenters. The van der Waals surface area contributed by atoms with Crippen molar-refractivity contribution < 1.29 is 15.0 Å². The lowest BCUT2D eigenvalue weighted by Gasteiger charge is -2.23. The average Bonchev–Trinajstić information content (AvgIpc) is 3.02. The van der Waals surface area contributed by atoms with E-state index in [9.17, 15) is 15.0 Å². The third-order valence-corrected chi connectivity index (χ3v) is 6.42. The number of hydrogen-bond acceptors (Lipinski definition) is 8. The molecule has 0 aliphatic heterocycles. The summed E-state index contributed by atoms with van der Waals surface area (Å²) in [7, 11) is 5.10. The normalized spacial score (nSPS) is 28.7. The number of nitrogens with one attached hydrogen (secondary N) is 2. The van der Waals surface area contributed by atoms with E-state index in [0.29, 0.717) is 29.1 Å². The molecule has 2 saturated carbocycles. The average molecular weight is 422 g/mol. The van der Waals surface area contributed by atoms with Gasteiger partial charge >= 0.3 is 0 Å². The van der Waals surface area contributed by atoms with Gasteiger partial charge in [-0.3, -0.25) is 4.79 Å². The van der Waals surface area contributed by atoms with Crippen molar-refractivity contribution in [3.8, 4) is 11.8 Å². The van der Waals surface area contributed by atoms with Crippen molar-refractivity contribution in [1.82, 2.24) is 34.4 Å². The number of imidazole rings is 2. The maximum atomic E-state index is 12.4. The molecule has 4 N–H and O–H groups in total. The fraction of sp³-hybridized carbons (Fsp3) is 0.450. The van der Waals surface area contributed by atoms with Crippen molar-refractivity contribution >= 4 is 22.9 Å². The molecule has 0 bridgehead atoms. The topological polar surface area (TPSA) is 143 Å². The van der Waals surface area contributed by atoms with Crippen molar-refractivity contribution in [2.45, 2.75) is 24.7 Å². The summed E-state index contributed by atoms with van der Waals surface area (Å²) in [5.41, 5.74) is 0.736. The van der Waals surface area contributed by atoms with Gasteiger partial charge in [0.15, 0.2) is 17.0 Å². The van der Waals surface area contributed by atoms with Crippen LogP contribution in [0, 0.1) is 23.2 Å². The van der Waals surface area contributed by atoms with Crippen LogP contribution in [-0.4, -0.2) is 71.5 Å². The summed E-state index contributed by atoms with van der Waals surface area (Å²) >= 11 is 0. The van der Waals surface area contributed by atoms with Crippen LogP contribution in [0.1, 0.15) is 24.0 Å². The standard InChI is InChI=1S/C20H22N8O3/c1-21-17-13-18(26-12(25-17)5-4-10-7-23-8-27(10)3)28(9-24-13)14-11-6-20(11,19(31)22-2)16(30)15(14)29/h7-9,11,14-16,29-30H,6H2,1-3H3,(H,22,31)(H,21,25,26)/t11?,14-,15?,16+,20-/m1/s1. The zero-order valence-electron chi connectivity index (χ0n) is 17.2. The lowest BCUT2D eigenvalue weighted by Crippen LogP contribution is -2.41.